The lowest BCUT2D eigenvalue weighted by atomic mass is 10.2. The summed E-state index contributed by atoms with van der Waals surface area (Å²) in [5.74, 6) is -0.768. The molecular formula is C19H19ClFN3O3S. The van der Waals surface area contributed by atoms with Gasteiger partial charge in [0.25, 0.3) is 5.56 Å². The maximum atomic E-state index is 15.2. The lowest BCUT2D eigenvalue weighted by Gasteiger charge is -2.16. The van der Waals surface area contributed by atoms with Gasteiger partial charge in [0, 0.05) is 23.3 Å². The molecule has 0 aliphatic heterocycles. The number of halogens is 2. The van der Waals surface area contributed by atoms with Crippen molar-refractivity contribution in [2.45, 2.75) is 31.7 Å². The zero-order valence-corrected chi connectivity index (χ0v) is 17.1. The van der Waals surface area contributed by atoms with Crippen LogP contribution in [-0.2, 0) is 9.84 Å². The number of hydrogen-bond donors (Lipinski definition) is 1. The van der Waals surface area contributed by atoms with Gasteiger partial charge < -0.3 is 9.88 Å². The van der Waals surface area contributed by atoms with Crippen molar-refractivity contribution in [2.75, 3.05) is 11.1 Å². The zero-order chi connectivity index (χ0) is 20.6. The Morgan fingerprint density at radius 2 is 1.89 bits per heavy atom. The molecule has 148 valence electrons. The third-order valence-corrected chi connectivity index (χ3v) is 6.36. The average Bonchev–Trinajstić information content (AvgIpc) is 2.66. The maximum absolute atomic E-state index is 15.2. The van der Waals surface area contributed by atoms with Crippen molar-refractivity contribution in [1.82, 2.24) is 9.55 Å². The van der Waals surface area contributed by atoms with E-state index in [1.54, 1.807) is 20.8 Å². The second kappa shape index (κ2) is 7.52. The fraction of sp³-hybridized carbons (Fsp3) is 0.263. The predicted molar refractivity (Wildman–Crippen MR) is 109 cm³/mol. The largest absolute Gasteiger partial charge is 0.338 e. The Labute approximate surface area is 166 Å². The highest BCUT2D eigenvalue weighted by Gasteiger charge is 2.18. The Morgan fingerprint density at radius 1 is 1.25 bits per heavy atom. The molecule has 1 aromatic carbocycles. The Bertz CT molecular complexity index is 1210. The number of rotatable bonds is 5. The van der Waals surface area contributed by atoms with Crippen LogP contribution in [0.3, 0.4) is 0 Å². The number of aromatic nitrogens is 2. The van der Waals surface area contributed by atoms with Crippen molar-refractivity contribution >= 4 is 43.8 Å². The second-order valence-electron chi connectivity index (χ2n) is 6.54. The van der Waals surface area contributed by atoms with Crippen LogP contribution in [0.1, 0.15) is 26.8 Å². The van der Waals surface area contributed by atoms with Gasteiger partial charge in [0.1, 0.15) is 5.02 Å². The number of sulfone groups is 1. The average molecular weight is 424 g/mol. The molecule has 28 heavy (non-hydrogen) atoms. The van der Waals surface area contributed by atoms with Crippen molar-refractivity contribution in [3.05, 3.63) is 57.7 Å². The molecule has 0 bridgehead atoms. The van der Waals surface area contributed by atoms with Crippen LogP contribution in [0.4, 0.5) is 15.9 Å². The monoisotopic (exact) mass is 423 g/mol. The first-order valence-corrected chi connectivity index (χ1v) is 10.7. The molecule has 0 radical (unpaired) electrons. The molecule has 0 saturated carbocycles. The maximum Gasteiger partial charge on any atom is 0.270 e. The number of benzene rings is 1. The first-order valence-electron chi connectivity index (χ1n) is 8.64. The Kier molecular flexibility index (Phi) is 5.45. The van der Waals surface area contributed by atoms with E-state index in [-0.39, 0.29) is 33.0 Å². The van der Waals surface area contributed by atoms with Gasteiger partial charge in [0.05, 0.1) is 16.2 Å². The van der Waals surface area contributed by atoms with Gasteiger partial charge in [-0.15, -0.1) is 0 Å². The van der Waals surface area contributed by atoms with Crippen LogP contribution in [0.25, 0.3) is 10.9 Å². The number of anilines is 2. The molecule has 0 amide bonds. The third-order valence-electron chi connectivity index (χ3n) is 4.34. The smallest absolute Gasteiger partial charge is 0.270 e. The number of pyridine rings is 2. The van der Waals surface area contributed by atoms with Crippen molar-refractivity contribution < 1.29 is 12.8 Å². The quantitative estimate of drug-likeness (QED) is 0.661. The summed E-state index contributed by atoms with van der Waals surface area (Å²) in [6.07, 6.45) is 1.43. The van der Waals surface area contributed by atoms with Crippen LogP contribution in [0.15, 0.2) is 46.2 Å². The van der Waals surface area contributed by atoms with E-state index in [1.165, 1.54) is 41.1 Å². The molecule has 2 aromatic heterocycles. The first-order chi connectivity index (χ1) is 13.2. The topological polar surface area (TPSA) is 81.1 Å². The SMILES string of the molecule is CCS(=O)(=O)c1ccc(Nc2ncc3cc(Cl)c(=O)n(C(C)C)c3c2F)cc1. The fourth-order valence-electron chi connectivity index (χ4n) is 2.88. The summed E-state index contributed by atoms with van der Waals surface area (Å²) in [5.41, 5.74) is 0.0923. The fourth-order valence-corrected chi connectivity index (χ4v) is 3.98. The van der Waals surface area contributed by atoms with Gasteiger partial charge in [0.15, 0.2) is 21.5 Å². The predicted octanol–water partition coefficient (Wildman–Crippen LogP) is 4.31. The Balaban J connectivity index is 2.08. The number of hydrogen-bond acceptors (Lipinski definition) is 5. The number of nitrogens with one attached hydrogen (secondary N) is 1. The molecule has 0 fully saturated rings. The van der Waals surface area contributed by atoms with E-state index in [1.807, 2.05) is 0 Å². The standard InChI is InChI=1S/C19H19ClFN3O3S/c1-4-28(26,27)14-7-5-13(6-8-14)23-18-16(21)17-12(10-22-18)9-15(20)19(25)24(17)11(2)3/h5-11H,4H2,1-3H3,(H,22,23). The van der Waals surface area contributed by atoms with E-state index < -0.39 is 21.2 Å². The molecule has 3 rings (SSSR count). The molecule has 2 heterocycles. The van der Waals surface area contributed by atoms with Crippen molar-refractivity contribution in [1.29, 1.82) is 0 Å². The van der Waals surface area contributed by atoms with Gasteiger partial charge >= 0.3 is 0 Å². The van der Waals surface area contributed by atoms with Crippen LogP contribution < -0.4 is 10.9 Å². The van der Waals surface area contributed by atoms with Crippen molar-refractivity contribution in [3.63, 3.8) is 0 Å². The van der Waals surface area contributed by atoms with Gasteiger partial charge in [-0.3, -0.25) is 4.79 Å². The molecule has 0 unspecified atom stereocenters. The lowest BCUT2D eigenvalue weighted by Crippen LogP contribution is -2.23. The lowest BCUT2D eigenvalue weighted by molar-refractivity contribution is 0.572. The van der Waals surface area contributed by atoms with Crippen LogP contribution in [-0.4, -0.2) is 23.7 Å². The summed E-state index contributed by atoms with van der Waals surface area (Å²) in [7, 11) is -3.32. The zero-order valence-electron chi connectivity index (χ0n) is 15.5. The number of nitrogens with zero attached hydrogens (tertiary/aromatic N) is 2. The third kappa shape index (κ3) is 3.62. The summed E-state index contributed by atoms with van der Waals surface area (Å²) >= 11 is 5.97. The van der Waals surface area contributed by atoms with Crippen LogP contribution >= 0.6 is 11.6 Å². The molecule has 0 saturated heterocycles. The molecular weight excluding hydrogens is 405 g/mol. The van der Waals surface area contributed by atoms with Gasteiger partial charge in [0.2, 0.25) is 0 Å². The van der Waals surface area contributed by atoms with Crippen LogP contribution in [0.2, 0.25) is 5.02 Å². The molecule has 1 N–H and O–H groups in total. The van der Waals surface area contributed by atoms with E-state index in [4.69, 9.17) is 11.6 Å². The Hall–Kier alpha value is -2.45. The summed E-state index contributed by atoms with van der Waals surface area (Å²) in [5, 5.41) is 3.24. The van der Waals surface area contributed by atoms with Gasteiger partial charge in [-0.1, -0.05) is 18.5 Å². The second-order valence-corrected chi connectivity index (χ2v) is 9.22. The van der Waals surface area contributed by atoms with Gasteiger partial charge in [-0.05, 0) is 44.2 Å². The van der Waals surface area contributed by atoms with E-state index in [9.17, 15) is 13.2 Å². The minimum atomic E-state index is -3.32. The summed E-state index contributed by atoms with van der Waals surface area (Å²) < 4.78 is 40.3. The summed E-state index contributed by atoms with van der Waals surface area (Å²) in [4.78, 5) is 16.6. The Morgan fingerprint density at radius 3 is 2.46 bits per heavy atom. The highest BCUT2D eigenvalue weighted by Crippen LogP contribution is 2.27. The molecule has 6 nitrogen and oxygen atoms in total. The van der Waals surface area contributed by atoms with Crippen molar-refractivity contribution in [3.8, 4) is 0 Å². The molecule has 9 heteroatoms. The highest BCUT2D eigenvalue weighted by atomic mass is 35.5. The highest BCUT2D eigenvalue weighted by molar-refractivity contribution is 7.91. The summed E-state index contributed by atoms with van der Waals surface area (Å²) in [6.45, 7) is 5.09. The number of fused-ring (bicyclic) bond motifs is 1. The molecule has 0 aliphatic rings. The molecule has 3 aromatic rings. The van der Waals surface area contributed by atoms with E-state index in [0.717, 1.165) is 0 Å². The molecule has 0 spiro atoms. The van der Waals surface area contributed by atoms with Crippen molar-refractivity contribution in [2.24, 2.45) is 0 Å². The van der Waals surface area contributed by atoms with Gasteiger partial charge in [-0.2, -0.15) is 0 Å². The van der Waals surface area contributed by atoms with E-state index in [2.05, 4.69) is 10.3 Å². The van der Waals surface area contributed by atoms with Crippen LogP contribution in [0, 0.1) is 5.82 Å². The normalized spacial score (nSPS) is 11.9. The molecule has 0 atom stereocenters. The summed E-state index contributed by atoms with van der Waals surface area (Å²) in [6, 6.07) is 7.05. The first kappa shape index (κ1) is 20.3. The van der Waals surface area contributed by atoms with Gasteiger partial charge in [-0.25, -0.2) is 17.8 Å². The minimum Gasteiger partial charge on any atom is -0.338 e. The minimum absolute atomic E-state index is 0.00386. The van der Waals surface area contributed by atoms with E-state index >= 15 is 4.39 Å². The van der Waals surface area contributed by atoms with E-state index in [0.29, 0.717) is 11.1 Å². The van der Waals surface area contributed by atoms with Crippen LogP contribution in [0.5, 0.6) is 0 Å². The molecule has 0 aliphatic carbocycles.